The molecule has 1 unspecified atom stereocenters. The summed E-state index contributed by atoms with van der Waals surface area (Å²) < 4.78 is 10.0. The number of rotatable bonds is 5. The lowest BCUT2D eigenvalue weighted by molar-refractivity contribution is -0.142. The molecule has 0 aliphatic rings. The molecule has 1 atom stereocenters. The minimum Gasteiger partial charge on any atom is -0.468 e. The second kappa shape index (κ2) is 5.91. The van der Waals surface area contributed by atoms with Crippen molar-refractivity contribution < 1.29 is 13.9 Å². The number of hydrogen-bond donors (Lipinski definition) is 1. The molecule has 0 aliphatic heterocycles. The average Bonchev–Trinajstić information content (AvgIpc) is 2.59. The molecule has 1 rings (SSSR count). The van der Waals surface area contributed by atoms with Gasteiger partial charge in [-0.1, -0.05) is 11.8 Å². The third-order valence-electron chi connectivity index (χ3n) is 2.22. The number of aryl methyl sites for hydroxylation is 2. The highest BCUT2D eigenvalue weighted by molar-refractivity contribution is 7.99. The number of thioether (sulfide) groups is 1. The second-order valence-corrected chi connectivity index (χ2v) is 4.27. The van der Waals surface area contributed by atoms with Crippen molar-refractivity contribution in [1.82, 2.24) is 10.3 Å². The van der Waals surface area contributed by atoms with Crippen LogP contribution in [0.15, 0.2) is 9.64 Å². The monoisotopic (exact) mass is 244 g/mol. The molecule has 6 heteroatoms. The fourth-order valence-corrected chi connectivity index (χ4v) is 2.07. The number of oxazole rings is 1. The predicted molar refractivity (Wildman–Crippen MR) is 61.6 cm³/mol. The molecule has 0 fully saturated rings. The standard InChI is InChI=1S/C10H16N2O3S/c1-6-7(2)15-10(12-6)16-5-8(11-3)9(13)14-4/h8,11H,5H2,1-4H3. The molecule has 0 bridgehead atoms. The summed E-state index contributed by atoms with van der Waals surface area (Å²) >= 11 is 1.39. The molecule has 0 saturated heterocycles. The van der Waals surface area contributed by atoms with E-state index in [4.69, 9.17) is 4.42 Å². The molecule has 1 aromatic rings. The summed E-state index contributed by atoms with van der Waals surface area (Å²) in [5.41, 5.74) is 0.876. The van der Waals surface area contributed by atoms with Crippen LogP contribution in [-0.4, -0.2) is 36.9 Å². The number of methoxy groups -OCH3 is 1. The lowest BCUT2D eigenvalue weighted by Gasteiger charge is -2.11. The molecular formula is C10H16N2O3S. The van der Waals surface area contributed by atoms with Crippen molar-refractivity contribution in [1.29, 1.82) is 0 Å². The number of nitrogens with zero attached hydrogens (tertiary/aromatic N) is 1. The molecular weight excluding hydrogens is 228 g/mol. The summed E-state index contributed by atoms with van der Waals surface area (Å²) in [6, 6.07) is -0.345. The third kappa shape index (κ3) is 3.24. The molecule has 0 amide bonds. The average molecular weight is 244 g/mol. The second-order valence-electron chi connectivity index (χ2n) is 3.30. The van der Waals surface area contributed by atoms with Crippen LogP contribution in [0, 0.1) is 13.8 Å². The molecule has 0 aromatic carbocycles. The maximum absolute atomic E-state index is 11.3. The van der Waals surface area contributed by atoms with E-state index in [2.05, 4.69) is 15.0 Å². The maximum atomic E-state index is 11.3. The number of aromatic nitrogens is 1. The summed E-state index contributed by atoms with van der Waals surface area (Å²) in [5, 5.41) is 3.46. The topological polar surface area (TPSA) is 64.4 Å². The summed E-state index contributed by atoms with van der Waals surface area (Å²) in [4.78, 5) is 15.5. The maximum Gasteiger partial charge on any atom is 0.323 e. The van der Waals surface area contributed by atoms with Gasteiger partial charge >= 0.3 is 5.97 Å². The Kier molecular flexibility index (Phi) is 4.82. The highest BCUT2D eigenvalue weighted by Crippen LogP contribution is 2.20. The molecule has 16 heavy (non-hydrogen) atoms. The van der Waals surface area contributed by atoms with E-state index in [0.29, 0.717) is 11.0 Å². The van der Waals surface area contributed by atoms with Crippen LogP contribution in [0.2, 0.25) is 0 Å². The normalized spacial score (nSPS) is 12.5. The van der Waals surface area contributed by atoms with E-state index in [1.807, 2.05) is 13.8 Å². The Bertz CT molecular complexity index is 345. The van der Waals surface area contributed by atoms with Crippen LogP contribution < -0.4 is 5.32 Å². The van der Waals surface area contributed by atoms with E-state index in [9.17, 15) is 4.79 Å². The molecule has 1 N–H and O–H groups in total. The van der Waals surface area contributed by atoms with E-state index < -0.39 is 0 Å². The summed E-state index contributed by atoms with van der Waals surface area (Å²) in [6.07, 6.45) is 0. The number of ether oxygens (including phenoxy) is 1. The lowest BCUT2D eigenvalue weighted by Crippen LogP contribution is -2.37. The van der Waals surface area contributed by atoms with Crippen LogP contribution in [0.3, 0.4) is 0 Å². The van der Waals surface area contributed by atoms with E-state index in [0.717, 1.165) is 11.5 Å². The number of nitrogens with one attached hydrogen (secondary N) is 1. The first kappa shape index (κ1) is 13.1. The first-order chi connectivity index (χ1) is 7.58. The molecule has 0 aliphatic carbocycles. The van der Waals surface area contributed by atoms with Gasteiger partial charge < -0.3 is 14.5 Å². The number of esters is 1. The number of carbonyl (C=O) groups is 1. The van der Waals surface area contributed by atoms with Crippen molar-refractivity contribution >= 4 is 17.7 Å². The van der Waals surface area contributed by atoms with E-state index in [-0.39, 0.29) is 12.0 Å². The minimum atomic E-state index is -0.345. The molecule has 5 nitrogen and oxygen atoms in total. The van der Waals surface area contributed by atoms with E-state index in [1.165, 1.54) is 18.9 Å². The third-order valence-corrected chi connectivity index (χ3v) is 3.14. The Labute approximate surface area is 98.9 Å². The molecule has 1 aromatic heterocycles. The van der Waals surface area contributed by atoms with Gasteiger partial charge in [-0.3, -0.25) is 4.79 Å². The fourth-order valence-electron chi connectivity index (χ4n) is 1.07. The van der Waals surface area contributed by atoms with Gasteiger partial charge in [0, 0.05) is 5.75 Å². The quantitative estimate of drug-likeness (QED) is 0.619. The SMILES string of the molecule is CNC(CSc1nc(C)c(C)o1)C(=O)OC. The van der Waals surface area contributed by atoms with Crippen LogP contribution in [0.1, 0.15) is 11.5 Å². The predicted octanol–water partition coefficient (Wildman–Crippen LogP) is 1.14. The van der Waals surface area contributed by atoms with Crippen molar-refractivity contribution in [2.45, 2.75) is 25.1 Å². The summed E-state index contributed by atoms with van der Waals surface area (Å²) in [5.74, 6) is 1.05. The number of hydrogen-bond acceptors (Lipinski definition) is 6. The highest BCUT2D eigenvalue weighted by atomic mass is 32.2. The zero-order valence-corrected chi connectivity index (χ0v) is 10.7. The van der Waals surface area contributed by atoms with Gasteiger partial charge in [-0.05, 0) is 20.9 Å². The van der Waals surface area contributed by atoms with Gasteiger partial charge in [-0.25, -0.2) is 4.98 Å². The van der Waals surface area contributed by atoms with Crippen LogP contribution in [0.25, 0.3) is 0 Å². The van der Waals surface area contributed by atoms with Crippen molar-refractivity contribution in [3.8, 4) is 0 Å². The minimum absolute atomic E-state index is 0.282. The molecule has 0 spiro atoms. The summed E-state index contributed by atoms with van der Waals surface area (Å²) in [7, 11) is 3.09. The summed E-state index contributed by atoms with van der Waals surface area (Å²) in [6.45, 7) is 3.75. The lowest BCUT2D eigenvalue weighted by atomic mass is 10.3. The van der Waals surface area contributed by atoms with Gasteiger partial charge in [-0.2, -0.15) is 0 Å². The Morgan fingerprint density at radius 1 is 1.62 bits per heavy atom. The zero-order valence-electron chi connectivity index (χ0n) is 9.86. The van der Waals surface area contributed by atoms with Gasteiger partial charge in [0.15, 0.2) is 0 Å². The van der Waals surface area contributed by atoms with Crippen LogP contribution in [-0.2, 0) is 9.53 Å². The van der Waals surface area contributed by atoms with Gasteiger partial charge in [0.05, 0.1) is 12.8 Å². The van der Waals surface area contributed by atoms with Gasteiger partial charge in [0.25, 0.3) is 5.22 Å². The first-order valence-corrected chi connectivity index (χ1v) is 5.89. The van der Waals surface area contributed by atoms with Gasteiger partial charge in [0.2, 0.25) is 0 Å². The Morgan fingerprint density at radius 3 is 2.75 bits per heavy atom. The fraction of sp³-hybridized carbons (Fsp3) is 0.600. The smallest absolute Gasteiger partial charge is 0.323 e. The van der Waals surface area contributed by atoms with Crippen molar-refractivity contribution in [3.63, 3.8) is 0 Å². The van der Waals surface area contributed by atoms with Crippen molar-refractivity contribution in [2.24, 2.45) is 0 Å². The van der Waals surface area contributed by atoms with Gasteiger partial charge in [0.1, 0.15) is 11.8 Å². The first-order valence-electron chi connectivity index (χ1n) is 4.90. The van der Waals surface area contributed by atoms with Crippen LogP contribution >= 0.6 is 11.8 Å². The van der Waals surface area contributed by atoms with Crippen LogP contribution in [0.4, 0.5) is 0 Å². The zero-order chi connectivity index (χ0) is 12.1. The van der Waals surface area contributed by atoms with Crippen molar-refractivity contribution in [3.05, 3.63) is 11.5 Å². The molecule has 1 heterocycles. The molecule has 0 radical (unpaired) electrons. The number of likely N-dealkylation sites (N-methyl/N-ethyl adjacent to an activating group) is 1. The van der Waals surface area contributed by atoms with E-state index >= 15 is 0 Å². The van der Waals surface area contributed by atoms with Crippen molar-refractivity contribution in [2.75, 3.05) is 19.9 Å². The molecule has 0 saturated carbocycles. The highest BCUT2D eigenvalue weighted by Gasteiger charge is 2.18. The Morgan fingerprint density at radius 2 is 2.31 bits per heavy atom. The van der Waals surface area contributed by atoms with E-state index in [1.54, 1.807) is 7.05 Å². The Balaban J connectivity index is 2.52. The van der Waals surface area contributed by atoms with Crippen LogP contribution in [0.5, 0.6) is 0 Å². The largest absolute Gasteiger partial charge is 0.468 e. The Hall–Kier alpha value is -1.01. The van der Waals surface area contributed by atoms with Gasteiger partial charge in [-0.15, -0.1) is 0 Å². The molecule has 90 valence electrons. The number of carbonyl (C=O) groups excluding carboxylic acids is 1.